The Balaban J connectivity index is 1.61. The highest BCUT2D eigenvalue weighted by Gasteiger charge is 2.04. The van der Waals surface area contributed by atoms with E-state index < -0.39 is 0 Å². The fourth-order valence-electron chi connectivity index (χ4n) is 2.42. The molecule has 25 heavy (non-hydrogen) atoms. The highest BCUT2D eigenvalue weighted by atomic mass is 19.1. The summed E-state index contributed by atoms with van der Waals surface area (Å²) in [5.41, 5.74) is 4.00. The number of anilines is 3. The lowest BCUT2D eigenvalue weighted by molar-refractivity contribution is 0.610. The summed E-state index contributed by atoms with van der Waals surface area (Å²) >= 11 is 0. The average Bonchev–Trinajstić information content (AvgIpc) is 2.60. The number of aromatic nitrogens is 3. The second-order valence-corrected chi connectivity index (χ2v) is 5.86. The second kappa shape index (κ2) is 7.70. The number of nitrogens with one attached hydrogen (secondary N) is 2. The van der Waals surface area contributed by atoms with Gasteiger partial charge in [-0.1, -0.05) is 24.3 Å². The molecule has 3 rings (SSSR count). The quantitative estimate of drug-likeness (QED) is 0.711. The molecule has 0 aliphatic rings. The molecule has 0 amide bonds. The molecule has 0 unspecified atom stereocenters. The van der Waals surface area contributed by atoms with Crippen molar-refractivity contribution < 1.29 is 4.39 Å². The average molecular weight is 337 g/mol. The molecule has 1 aromatic heterocycles. The van der Waals surface area contributed by atoms with E-state index in [4.69, 9.17) is 0 Å². The van der Waals surface area contributed by atoms with Crippen molar-refractivity contribution in [3.63, 3.8) is 0 Å². The van der Waals surface area contributed by atoms with Crippen LogP contribution in [0.25, 0.3) is 0 Å². The molecule has 128 valence electrons. The first-order valence-corrected chi connectivity index (χ1v) is 8.13. The molecule has 3 aromatic rings. The molecule has 0 saturated heterocycles. The molecular formula is C19H20FN5. The second-order valence-electron chi connectivity index (χ2n) is 5.86. The van der Waals surface area contributed by atoms with E-state index in [1.165, 1.54) is 17.2 Å². The van der Waals surface area contributed by atoms with Gasteiger partial charge in [0.25, 0.3) is 0 Å². The first-order chi connectivity index (χ1) is 12.1. The molecule has 2 N–H and O–H groups in total. The number of aryl methyl sites for hydroxylation is 2. The minimum absolute atomic E-state index is 0.192. The van der Waals surface area contributed by atoms with Gasteiger partial charge in [-0.3, -0.25) is 0 Å². The zero-order chi connectivity index (χ0) is 17.6. The van der Waals surface area contributed by atoms with Gasteiger partial charge in [-0.05, 0) is 55.2 Å². The molecule has 0 aliphatic carbocycles. The molecule has 1 heterocycles. The van der Waals surface area contributed by atoms with E-state index in [9.17, 15) is 4.39 Å². The van der Waals surface area contributed by atoms with Crippen molar-refractivity contribution >= 4 is 17.5 Å². The molecule has 0 spiro atoms. The lowest BCUT2D eigenvalue weighted by Gasteiger charge is -2.09. The highest BCUT2D eigenvalue weighted by molar-refractivity contribution is 5.56. The molecule has 6 heteroatoms. The van der Waals surface area contributed by atoms with Gasteiger partial charge in [0.15, 0.2) is 5.82 Å². The molecular weight excluding hydrogens is 317 g/mol. The summed E-state index contributed by atoms with van der Waals surface area (Å²) in [6, 6.07) is 12.8. The zero-order valence-corrected chi connectivity index (χ0v) is 14.3. The minimum Gasteiger partial charge on any atom is -0.368 e. The molecule has 0 saturated carbocycles. The Morgan fingerprint density at radius 3 is 2.68 bits per heavy atom. The summed E-state index contributed by atoms with van der Waals surface area (Å²) in [5.74, 6) is 0.819. The normalized spacial score (nSPS) is 10.5. The van der Waals surface area contributed by atoms with Crippen molar-refractivity contribution in [1.29, 1.82) is 0 Å². The Labute approximate surface area is 146 Å². The summed E-state index contributed by atoms with van der Waals surface area (Å²) in [4.78, 5) is 4.38. The predicted octanol–water partition coefficient (Wildman–Crippen LogP) is 4.03. The van der Waals surface area contributed by atoms with Crippen LogP contribution in [-0.4, -0.2) is 21.7 Å². The number of hydrogen-bond acceptors (Lipinski definition) is 5. The van der Waals surface area contributed by atoms with E-state index in [-0.39, 0.29) is 5.82 Å². The summed E-state index contributed by atoms with van der Waals surface area (Å²) in [6.45, 7) is 4.68. The van der Waals surface area contributed by atoms with Crippen molar-refractivity contribution in [1.82, 2.24) is 15.2 Å². The van der Waals surface area contributed by atoms with Gasteiger partial charge in [-0.25, -0.2) is 4.39 Å². The monoisotopic (exact) mass is 337 g/mol. The maximum Gasteiger partial charge on any atom is 0.249 e. The maximum atomic E-state index is 13.6. The van der Waals surface area contributed by atoms with E-state index in [0.717, 1.165) is 5.69 Å². The molecule has 0 aliphatic heterocycles. The Hall–Kier alpha value is -3.02. The van der Waals surface area contributed by atoms with Crippen LogP contribution < -0.4 is 10.6 Å². The van der Waals surface area contributed by atoms with Gasteiger partial charge in [0, 0.05) is 12.2 Å². The number of nitrogens with zero attached hydrogens (tertiary/aromatic N) is 3. The van der Waals surface area contributed by atoms with Gasteiger partial charge in [0.2, 0.25) is 5.95 Å². The standard InChI is InChI=1S/C19H20FN5/c1-13-7-8-16(11-14(13)2)23-19-24-18(12-22-25-19)21-10-9-15-5-3-4-6-17(15)20/h3-8,11-12H,9-10H2,1-2H3,(H2,21,23,24,25). The number of halogens is 1. The van der Waals surface area contributed by atoms with Gasteiger partial charge in [0.05, 0.1) is 6.20 Å². The summed E-state index contributed by atoms with van der Waals surface area (Å²) < 4.78 is 13.6. The van der Waals surface area contributed by atoms with E-state index in [1.54, 1.807) is 18.3 Å². The molecule has 0 fully saturated rings. The van der Waals surface area contributed by atoms with Crippen molar-refractivity contribution in [2.75, 3.05) is 17.2 Å². The predicted molar refractivity (Wildman–Crippen MR) is 97.6 cm³/mol. The van der Waals surface area contributed by atoms with Gasteiger partial charge in [-0.15, -0.1) is 5.10 Å². The topological polar surface area (TPSA) is 62.7 Å². The van der Waals surface area contributed by atoms with Crippen LogP contribution in [0, 0.1) is 19.7 Å². The first kappa shape index (κ1) is 16.8. The van der Waals surface area contributed by atoms with Gasteiger partial charge in [0.1, 0.15) is 5.82 Å². The van der Waals surface area contributed by atoms with E-state index in [1.807, 2.05) is 24.3 Å². The Bertz CT molecular complexity index is 866. The third kappa shape index (κ3) is 4.50. The third-order valence-electron chi connectivity index (χ3n) is 3.98. The maximum absolute atomic E-state index is 13.6. The third-order valence-corrected chi connectivity index (χ3v) is 3.98. The number of rotatable bonds is 6. The molecule has 5 nitrogen and oxygen atoms in total. The molecule has 0 bridgehead atoms. The Kier molecular flexibility index (Phi) is 5.18. The zero-order valence-electron chi connectivity index (χ0n) is 14.3. The highest BCUT2D eigenvalue weighted by Crippen LogP contribution is 2.17. The first-order valence-electron chi connectivity index (χ1n) is 8.13. The van der Waals surface area contributed by atoms with Crippen LogP contribution in [0.1, 0.15) is 16.7 Å². The van der Waals surface area contributed by atoms with Gasteiger partial charge < -0.3 is 10.6 Å². The smallest absolute Gasteiger partial charge is 0.249 e. The van der Waals surface area contributed by atoms with Crippen molar-refractivity contribution in [3.05, 3.63) is 71.2 Å². The summed E-state index contributed by atoms with van der Waals surface area (Å²) in [6.07, 6.45) is 2.11. The van der Waals surface area contributed by atoms with Gasteiger partial charge >= 0.3 is 0 Å². The van der Waals surface area contributed by atoms with Crippen LogP contribution >= 0.6 is 0 Å². The Morgan fingerprint density at radius 1 is 1.04 bits per heavy atom. The molecule has 0 atom stereocenters. The van der Waals surface area contributed by atoms with Crippen LogP contribution in [0.4, 0.5) is 21.8 Å². The van der Waals surface area contributed by atoms with Gasteiger partial charge in [-0.2, -0.15) is 10.1 Å². The Morgan fingerprint density at radius 2 is 1.88 bits per heavy atom. The van der Waals surface area contributed by atoms with E-state index in [2.05, 4.69) is 39.7 Å². The largest absolute Gasteiger partial charge is 0.368 e. The van der Waals surface area contributed by atoms with Crippen LogP contribution in [0.3, 0.4) is 0 Å². The van der Waals surface area contributed by atoms with E-state index >= 15 is 0 Å². The lowest BCUT2D eigenvalue weighted by atomic mass is 10.1. The van der Waals surface area contributed by atoms with Crippen LogP contribution in [0.5, 0.6) is 0 Å². The number of hydrogen-bond donors (Lipinski definition) is 2. The SMILES string of the molecule is Cc1ccc(Nc2nncc(NCCc3ccccc3F)n2)cc1C. The molecule has 0 radical (unpaired) electrons. The van der Waals surface area contributed by atoms with Crippen LogP contribution in [0.15, 0.2) is 48.7 Å². The lowest BCUT2D eigenvalue weighted by Crippen LogP contribution is -2.09. The van der Waals surface area contributed by atoms with E-state index in [0.29, 0.717) is 30.3 Å². The summed E-state index contributed by atoms with van der Waals surface area (Å²) in [5, 5.41) is 14.2. The van der Waals surface area contributed by atoms with Crippen LogP contribution in [0.2, 0.25) is 0 Å². The van der Waals surface area contributed by atoms with Crippen molar-refractivity contribution in [2.45, 2.75) is 20.3 Å². The minimum atomic E-state index is -0.192. The fraction of sp³-hybridized carbons (Fsp3) is 0.211. The van der Waals surface area contributed by atoms with Crippen molar-refractivity contribution in [2.24, 2.45) is 0 Å². The summed E-state index contributed by atoms with van der Waals surface area (Å²) in [7, 11) is 0. The number of benzene rings is 2. The fourth-order valence-corrected chi connectivity index (χ4v) is 2.42. The molecule has 2 aromatic carbocycles. The van der Waals surface area contributed by atoms with Crippen molar-refractivity contribution in [3.8, 4) is 0 Å². The van der Waals surface area contributed by atoms with Crippen LogP contribution in [-0.2, 0) is 6.42 Å².